The standard InChI is InChI=1S/C23H21ClFN3O4S/c1-26-22(29)13-15-3-7-17(8-4-15)27-23(30)20-14-19(11-12-21(20)24)33(31,32)28(2)18-9-5-16(25)6-10-18/h3-12,14H,13H2,1-2H3,(H,26,29)(H,27,30). The van der Waals surface area contributed by atoms with Crippen LogP contribution in [-0.4, -0.2) is 34.3 Å². The van der Waals surface area contributed by atoms with E-state index in [1.807, 2.05) is 0 Å². The topological polar surface area (TPSA) is 95.6 Å². The SMILES string of the molecule is CNC(=O)Cc1ccc(NC(=O)c2cc(S(=O)(=O)N(C)c3ccc(F)cc3)ccc2Cl)cc1. The highest BCUT2D eigenvalue weighted by Crippen LogP contribution is 2.26. The summed E-state index contributed by atoms with van der Waals surface area (Å²) in [6, 6.07) is 15.5. The van der Waals surface area contributed by atoms with Gasteiger partial charge in [0.15, 0.2) is 0 Å². The Morgan fingerprint density at radius 2 is 1.64 bits per heavy atom. The Balaban J connectivity index is 1.82. The predicted molar refractivity (Wildman–Crippen MR) is 126 cm³/mol. The zero-order valence-electron chi connectivity index (χ0n) is 17.8. The van der Waals surface area contributed by atoms with Gasteiger partial charge in [-0.15, -0.1) is 0 Å². The van der Waals surface area contributed by atoms with Crippen molar-refractivity contribution in [1.82, 2.24) is 5.32 Å². The first-order valence-corrected chi connectivity index (χ1v) is 11.6. The van der Waals surface area contributed by atoms with Gasteiger partial charge in [-0.25, -0.2) is 12.8 Å². The van der Waals surface area contributed by atoms with Crippen molar-refractivity contribution in [3.05, 3.63) is 88.7 Å². The summed E-state index contributed by atoms with van der Waals surface area (Å²) < 4.78 is 40.2. The Morgan fingerprint density at radius 1 is 1.00 bits per heavy atom. The maximum absolute atomic E-state index is 13.2. The van der Waals surface area contributed by atoms with Crippen LogP contribution in [0.4, 0.5) is 15.8 Å². The smallest absolute Gasteiger partial charge is 0.264 e. The number of anilines is 2. The van der Waals surface area contributed by atoms with Gasteiger partial charge < -0.3 is 10.6 Å². The molecule has 172 valence electrons. The number of amides is 2. The molecule has 0 aromatic heterocycles. The molecule has 3 rings (SSSR count). The Bertz CT molecular complexity index is 1280. The quantitative estimate of drug-likeness (QED) is 0.527. The number of likely N-dealkylation sites (N-methyl/N-ethyl adjacent to an activating group) is 1. The molecule has 2 amide bonds. The van der Waals surface area contributed by atoms with Crippen LogP contribution in [-0.2, 0) is 21.2 Å². The van der Waals surface area contributed by atoms with Gasteiger partial charge in [0.05, 0.1) is 27.6 Å². The molecule has 0 fully saturated rings. The average Bonchev–Trinajstić information content (AvgIpc) is 2.80. The molecular weight excluding hydrogens is 469 g/mol. The molecule has 0 aliphatic heterocycles. The van der Waals surface area contributed by atoms with Crippen LogP contribution in [0.25, 0.3) is 0 Å². The summed E-state index contributed by atoms with van der Waals surface area (Å²) in [5.41, 5.74) is 1.45. The lowest BCUT2D eigenvalue weighted by Crippen LogP contribution is -2.27. The van der Waals surface area contributed by atoms with E-state index in [1.165, 1.54) is 37.4 Å². The largest absolute Gasteiger partial charge is 0.359 e. The molecule has 0 aliphatic rings. The van der Waals surface area contributed by atoms with E-state index in [4.69, 9.17) is 11.6 Å². The first-order chi connectivity index (χ1) is 15.6. The lowest BCUT2D eigenvalue weighted by molar-refractivity contribution is -0.119. The van der Waals surface area contributed by atoms with Crippen LogP contribution in [0.3, 0.4) is 0 Å². The number of nitrogens with zero attached hydrogens (tertiary/aromatic N) is 1. The normalized spacial score (nSPS) is 11.0. The van der Waals surface area contributed by atoms with Crippen LogP contribution < -0.4 is 14.9 Å². The second-order valence-electron chi connectivity index (χ2n) is 7.09. The third kappa shape index (κ3) is 5.68. The van der Waals surface area contributed by atoms with Crippen LogP contribution in [0.2, 0.25) is 5.02 Å². The molecule has 33 heavy (non-hydrogen) atoms. The molecule has 0 bridgehead atoms. The van der Waals surface area contributed by atoms with Crippen molar-refractivity contribution in [3.8, 4) is 0 Å². The second-order valence-corrected chi connectivity index (χ2v) is 9.47. The van der Waals surface area contributed by atoms with Gasteiger partial charge in [-0.2, -0.15) is 0 Å². The van der Waals surface area contributed by atoms with Crippen LogP contribution in [0.5, 0.6) is 0 Å². The van der Waals surface area contributed by atoms with Crippen molar-refractivity contribution in [2.24, 2.45) is 0 Å². The van der Waals surface area contributed by atoms with E-state index in [9.17, 15) is 22.4 Å². The van der Waals surface area contributed by atoms with Crippen molar-refractivity contribution < 1.29 is 22.4 Å². The van der Waals surface area contributed by atoms with Gasteiger partial charge in [-0.1, -0.05) is 23.7 Å². The summed E-state index contributed by atoms with van der Waals surface area (Å²) in [7, 11) is -1.16. The third-order valence-electron chi connectivity index (χ3n) is 4.89. The van der Waals surface area contributed by atoms with Gasteiger partial charge in [-0.3, -0.25) is 13.9 Å². The molecular formula is C23H21ClFN3O4S. The van der Waals surface area contributed by atoms with E-state index in [-0.39, 0.29) is 33.5 Å². The van der Waals surface area contributed by atoms with Crippen LogP contribution in [0.1, 0.15) is 15.9 Å². The van der Waals surface area contributed by atoms with E-state index in [0.717, 1.165) is 22.0 Å². The third-order valence-corrected chi connectivity index (χ3v) is 7.00. The average molecular weight is 490 g/mol. The fourth-order valence-corrected chi connectivity index (χ4v) is 4.39. The minimum absolute atomic E-state index is 0.0281. The highest BCUT2D eigenvalue weighted by molar-refractivity contribution is 7.92. The monoisotopic (exact) mass is 489 g/mol. The number of carbonyl (C=O) groups is 2. The molecule has 2 N–H and O–H groups in total. The maximum Gasteiger partial charge on any atom is 0.264 e. The summed E-state index contributed by atoms with van der Waals surface area (Å²) >= 11 is 6.16. The molecule has 0 aliphatic carbocycles. The molecule has 0 saturated heterocycles. The van der Waals surface area contributed by atoms with E-state index in [1.54, 1.807) is 31.3 Å². The lowest BCUT2D eigenvalue weighted by atomic mass is 10.1. The number of benzene rings is 3. The molecule has 0 unspecified atom stereocenters. The van der Waals surface area contributed by atoms with E-state index >= 15 is 0 Å². The molecule has 3 aromatic carbocycles. The summed E-state index contributed by atoms with van der Waals surface area (Å²) in [6.07, 6.45) is 0.206. The van der Waals surface area contributed by atoms with Crippen molar-refractivity contribution >= 4 is 44.8 Å². The highest BCUT2D eigenvalue weighted by atomic mass is 35.5. The summed E-state index contributed by atoms with van der Waals surface area (Å²) in [4.78, 5) is 24.1. The van der Waals surface area contributed by atoms with Crippen molar-refractivity contribution in [2.75, 3.05) is 23.7 Å². The molecule has 3 aromatic rings. The van der Waals surface area contributed by atoms with Crippen LogP contribution in [0, 0.1) is 5.82 Å². The van der Waals surface area contributed by atoms with Gasteiger partial charge in [-0.05, 0) is 60.2 Å². The molecule has 10 heteroatoms. The molecule has 0 atom stereocenters. The van der Waals surface area contributed by atoms with Crippen LogP contribution >= 0.6 is 11.6 Å². The van der Waals surface area contributed by atoms with E-state index in [0.29, 0.717) is 5.69 Å². The van der Waals surface area contributed by atoms with Crippen molar-refractivity contribution in [2.45, 2.75) is 11.3 Å². The number of halogens is 2. The van der Waals surface area contributed by atoms with Gasteiger partial charge >= 0.3 is 0 Å². The van der Waals surface area contributed by atoms with E-state index in [2.05, 4.69) is 10.6 Å². The first-order valence-electron chi connectivity index (χ1n) is 9.76. The minimum Gasteiger partial charge on any atom is -0.359 e. The number of carbonyl (C=O) groups excluding carboxylic acids is 2. The number of rotatable bonds is 7. The van der Waals surface area contributed by atoms with Crippen molar-refractivity contribution in [3.63, 3.8) is 0 Å². The molecule has 0 radical (unpaired) electrons. The first kappa shape index (κ1) is 24.2. The maximum atomic E-state index is 13.2. The highest BCUT2D eigenvalue weighted by Gasteiger charge is 2.24. The number of hydrogen-bond donors (Lipinski definition) is 2. The number of sulfonamides is 1. The number of hydrogen-bond acceptors (Lipinski definition) is 4. The molecule has 0 heterocycles. The van der Waals surface area contributed by atoms with Crippen molar-refractivity contribution in [1.29, 1.82) is 0 Å². The van der Waals surface area contributed by atoms with Crippen LogP contribution in [0.15, 0.2) is 71.6 Å². The fraction of sp³-hybridized carbons (Fsp3) is 0.130. The van der Waals surface area contributed by atoms with Gasteiger partial charge in [0, 0.05) is 19.8 Å². The number of nitrogens with one attached hydrogen (secondary N) is 2. The Kier molecular flexibility index (Phi) is 7.35. The zero-order chi connectivity index (χ0) is 24.2. The minimum atomic E-state index is -4.04. The summed E-state index contributed by atoms with van der Waals surface area (Å²) in [5.74, 6) is -1.22. The summed E-state index contributed by atoms with van der Waals surface area (Å²) in [6.45, 7) is 0. The summed E-state index contributed by atoms with van der Waals surface area (Å²) in [5, 5.41) is 5.27. The Labute approximate surface area is 196 Å². The lowest BCUT2D eigenvalue weighted by Gasteiger charge is -2.20. The predicted octanol–water partition coefficient (Wildman–Crippen LogP) is 3.85. The van der Waals surface area contributed by atoms with Gasteiger partial charge in [0.1, 0.15) is 5.82 Å². The van der Waals surface area contributed by atoms with Gasteiger partial charge in [0.25, 0.3) is 15.9 Å². The Hall–Kier alpha value is -3.43. The van der Waals surface area contributed by atoms with E-state index < -0.39 is 21.7 Å². The zero-order valence-corrected chi connectivity index (χ0v) is 19.4. The molecule has 0 saturated carbocycles. The fourth-order valence-electron chi connectivity index (χ4n) is 2.96. The Morgan fingerprint density at radius 3 is 2.24 bits per heavy atom. The molecule has 0 spiro atoms. The second kappa shape index (κ2) is 10.0. The molecule has 7 nitrogen and oxygen atoms in total. The van der Waals surface area contributed by atoms with Gasteiger partial charge in [0.2, 0.25) is 5.91 Å².